The molecular weight excluding hydrogens is 357 g/mol. The van der Waals surface area contributed by atoms with Crippen molar-refractivity contribution in [3.8, 4) is 0 Å². The van der Waals surface area contributed by atoms with Gasteiger partial charge in [0, 0.05) is 16.7 Å². The minimum atomic E-state index is -0.340. The summed E-state index contributed by atoms with van der Waals surface area (Å²) in [5.41, 5.74) is 2.23. The number of carbonyl (C=O) groups excluding carboxylic acids is 1. The molecule has 0 amide bonds. The zero-order chi connectivity index (χ0) is 14.4. The van der Waals surface area contributed by atoms with Gasteiger partial charge in [-0.05, 0) is 61.1 Å². The lowest BCUT2D eigenvalue weighted by Gasteiger charge is -2.12. The van der Waals surface area contributed by atoms with Crippen LogP contribution in [0.4, 0.5) is 5.69 Å². The standard InChI is InChI=1S/C13H18IN3O2/c1-5-17(6-2)16-15-12-9(3)7-10(8-11(12)14)13(18)19-4/h7-8H,5-6H2,1-4H3/b16-15+. The van der Waals surface area contributed by atoms with Gasteiger partial charge in [-0.15, -0.1) is 5.11 Å². The minimum Gasteiger partial charge on any atom is -0.465 e. The summed E-state index contributed by atoms with van der Waals surface area (Å²) in [4.78, 5) is 11.5. The molecule has 6 heteroatoms. The summed E-state index contributed by atoms with van der Waals surface area (Å²) in [6.07, 6.45) is 0. The van der Waals surface area contributed by atoms with E-state index in [1.54, 1.807) is 12.1 Å². The van der Waals surface area contributed by atoms with Crippen LogP contribution in [0.1, 0.15) is 29.8 Å². The maximum Gasteiger partial charge on any atom is 0.337 e. The molecule has 1 aromatic rings. The third kappa shape index (κ3) is 4.15. The number of benzene rings is 1. The Morgan fingerprint density at radius 2 is 2.00 bits per heavy atom. The molecule has 5 nitrogen and oxygen atoms in total. The van der Waals surface area contributed by atoms with Crippen LogP contribution in [0.3, 0.4) is 0 Å². The summed E-state index contributed by atoms with van der Waals surface area (Å²) in [5, 5.41) is 10.3. The molecular formula is C13H18IN3O2. The van der Waals surface area contributed by atoms with Crippen LogP contribution in [0.25, 0.3) is 0 Å². The third-order valence-corrected chi connectivity index (χ3v) is 3.50. The Kier molecular flexibility index (Phi) is 6.20. The normalized spacial score (nSPS) is 10.8. The van der Waals surface area contributed by atoms with Crippen LogP contribution in [-0.2, 0) is 4.74 Å². The Labute approximate surface area is 127 Å². The van der Waals surface area contributed by atoms with Crippen molar-refractivity contribution in [2.24, 2.45) is 10.3 Å². The number of hydrogen-bond acceptors (Lipinski definition) is 4. The number of esters is 1. The van der Waals surface area contributed by atoms with Crippen molar-refractivity contribution >= 4 is 34.2 Å². The fourth-order valence-corrected chi connectivity index (χ4v) is 2.43. The first kappa shape index (κ1) is 15.9. The SMILES string of the molecule is CCN(CC)/N=N/c1c(C)cc(C(=O)OC)cc1I. The molecule has 0 N–H and O–H groups in total. The van der Waals surface area contributed by atoms with Crippen LogP contribution < -0.4 is 0 Å². The van der Waals surface area contributed by atoms with Crippen LogP contribution in [0.5, 0.6) is 0 Å². The second kappa shape index (κ2) is 7.42. The highest BCUT2D eigenvalue weighted by atomic mass is 127. The van der Waals surface area contributed by atoms with Crippen molar-refractivity contribution in [1.82, 2.24) is 5.01 Å². The molecule has 19 heavy (non-hydrogen) atoms. The number of ether oxygens (including phenoxy) is 1. The lowest BCUT2D eigenvalue weighted by atomic mass is 10.1. The van der Waals surface area contributed by atoms with Crippen LogP contribution >= 0.6 is 22.6 Å². The predicted molar refractivity (Wildman–Crippen MR) is 82.7 cm³/mol. The summed E-state index contributed by atoms with van der Waals surface area (Å²) in [5.74, 6) is -0.340. The first-order valence-electron chi connectivity index (χ1n) is 6.08. The average Bonchev–Trinajstić information content (AvgIpc) is 2.41. The maximum absolute atomic E-state index is 11.5. The van der Waals surface area contributed by atoms with Gasteiger partial charge in [-0.1, -0.05) is 5.22 Å². The summed E-state index contributed by atoms with van der Waals surface area (Å²) < 4.78 is 5.60. The summed E-state index contributed by atoms with van der Waals surface area (Å²) >= 11 is 2.15. The third-order valence-electron chi connectivity index (χ3n) is 2.68. The van der Waals surface area contributed by atoms with E-state index in [-0.39, 0.29) is 5.97 Å². The van der Waals surface area contributed by atoms with E-state index < -0.39 is 0 Å². The molecule has 0 atom stereocenters. The summed E-state index contributed by atoms with van der Waals surface area (Å²) in [6, 6.07) is 3.53. The van der Waals surface area contributed by atoms with Gasteiger partial charge in [-0.2, -0.15) is 0 Å². The molecule has 0 aliphatic carbocycles. The van der Waals surface area contributed by atoms with Gasteiger partial charge in [0.15, 0.2) is 0 Å². The number of carbonyl (C=O) groups is 1. The number of methoxy groups -OCH3 is 1. The smallest absolute Gasteiger partial charge is 0.337 e. The van der Waals surface area contributed by atoms with E-state index in [2.05, 4.69) is 32.9 Å². The lowest BCUT2D eigenvalue weighted by Crippen LogP contribution is -2.14. The Balaban J connectivity index is 3.07. The summed E-state index contributed by atoms with van der Waals surface area (Å²) in [7, 11) is 1.37. The van der Waals surface area contributed by atoms with Crippen molar-refractivity contribution in [3.05, 3.63) is 26.8 Å². The fourth-order valence-electron chi connectivity index (χ4n) is 1.56. The zero-order valence-corrected chi connectivity index (χ0v) is 13.8. The van der Waals surface area contributed by atoms with Crippen LogP contribution in [0, 0.1) is 10.5 Å². The number of rotatable bonds is 5. The Bertz CT molecular complexity index is 462. The van der Waals surface area contributed by atoms with E-state index >= 15 is 0 Å². The van der Waals surface area contributed by atoms with Gasteiger partial charge < -0.3 is 4.74 Å². The van der Waals surface area contributed by atoms with Gasteiger partial charge in [-0.3, -0.25) is 5.01 Å². The van der Waals surface area contributed by atoms with Gasteiger partial charge in [0.1, 0.15) is 5.69 Å². The molecule has 1 rings (SSSR count). The van der Waals surface area contributed by atoms with Crippen molar-refractivity contribution in [3.63, 3.8) is 0 Å². The molecule has 0 aromatic heterocycles. The highest BCUT2D eigenvalue weighted by Crippen LogP contribution is 2.28. The summed E-state index contributed by atoms with van der Waals surface area (Å²) in [6.45, 7) is 7.60. The van der Waals surface area contributed by atoms with E-state index in [9.17, 15) is 4.79 Å². The van der Waals surface area contributed by atoms with Crippen molar-refractivity contribution in [1.29, 1.82) is 0 Å². The van der Waals surface area contributed by atoms with Crippen LogP contribution in [0.2, 0.25) is 0 Å². The second-order valence-corrected chi connectivity index (χ2v) is 5.11. The number of aryl methyl sites for hydroxylation is 1. The Hall–Kier alpha value is -1.18. The van der Waals surface area contributed by atoms with E-state index in [4.69, 9.17) is 4.74 Å². The first-order valence-corrected chi connectivity index (χ1v) is 7.16. The number of halogens is 1. The van der Waals surface area contributed by atoms with Gasteiger partial charge in [0.05, 0.1) is 12.7 Å². The predicted octanol–water partition coefficient (Wildman–Crippen LogP) is 3.73. The zero-order valence-electron chi connectivity index (χ0n) is 11.6. The van der Waals surface area contributed by atoms with E-state index in [0.29, 0.717) is 5.56 Å². The largest absolute Gasteiger partial charge is 0.465 e. The number of hydrogen-bond donors (Lipinski definition) is 0. The van der Waals surface area contributed by atoms with Crippen molar-refractivity contribution in [2.75, 3.05) is 20.2 Å². The Morgan fingerprint density at radius 1 is 1.37 bits per heavy atom. The molecule has 0 heterocycles. The maximum atomic E-state index is 11.5. The fraction of sp³-hybridized carbons (Fsp3) is 0.462. The highest BCUT2D eigenvalue weighted by molar-refractivity contribution is 14.1. The highest BCUT2D eigenvalue weighted by Gasteiger charge is 2.11. The Morgan fingerprint density at radius 3 is 2.47 bits per heavy atom. The monoisotopic (exact) mass is 375 g/mol. The molecule has 0 radical (unpaired) electrons. The molecule has 0 aliphatic rings. The number of nitrogens with zero attached hydrogens (tertiary/aromatic N) is 3. The molecule has 0 spiro atoms. The molecule has 0 saturated heterocycles. The second-order valence-electron chi connectivity index (χ2n) is 3.94. The molecule has 0 saturated carbocycles. The topological polar surface area (TPSA) is 54.3 Å². The first-order chi connectivity index (χ1) is 9.03. The minimum absolute atomic E-state index is 0.340. The quantitative estimate of drug-likeness (QED) is 0.341. The lowest BCUT2D eigenvalue weighted by molar-refractivity contribution is 0.0600. The average molecular weight is 375 g/mol. The molecule has 1 aromatic carbocycles. The molecule has 0 bridgehead atoms. The molecule has 0 aliphatic heterocycles. The van der Waals surface area contributed by atoms with E-state index in [1.807, 2.05) is 25.8 Å². The van der Waals surface area contributed by atoms with Gasteiger partial charge in [0.25, 0.3) is 0 Å². The molecule has 0 unspecified atom stereocenters. The molecule has 104 valence electrons. The van der Waals surface area contributed by atoms with Crippen LogP contribution in [0.15, 0.2) is 22.5 Å². The van der Waals surface area contributed by atoms with Gasteiger partial charge in [0.2, 0.25) is 0 Å². The van der Waals surface area contributed by atoms with Gasteiger partial charge >= 0.3 is 5.97 Å². The molecule has 0 fully saturated rings. The van der Waals surface area contributed by atoms with E-state index in [0.717, 1.165) is 27.9 Å². The van der Waals surface area contributed by atoms with Crippen molar-refractivity contribution < 1.29 is 9.53 Å². The van der Waals surface area contributed by atoms with Crippen LogP contribution in [-0.4, -0.2) is 31.2 Å². The van der Waals surface area contributed by atoms with E-state index in [1.165, 1.54) is 7.11 Å². The van der Waals surface area contributed by atoms with Crippen molar-refractivity contribution in [2.45, 2.75) is 20.8 Å². The van der Waals surface area contributed by atoms with Gasteiger partial charge in [-0.25, -0.2) is 4.79 Å².